The first-order valence-corrected chi connectivity index (χ1v) is 9.71. The first-order chi connectivity index (χ1) is 14.8. The maximum Gasteiger partial charge on any atom is 0.411 e. The third-order valence-corrected chi connectivity index (χ3v) is 4.25. The normalized spacial score (nSPS) is 11.5. The molecule has 3 amide bonds. The van der Waals surface area contributed by atoms with Gasteiger partial charge in [-0.15, -0.1) is 0 Å². The summed E-state index contributed by atoms with van der Waals surface area (Å²) in [5.74, 6) is -2.08. The molecule has 0 spiro atoms. The van der Waals surface area contributed by atoms with Crippen molar-refractivity contribution in [3.05, 3.63) is 59.9 Å². The molecule has 0 aliphatic carbocycles. The van der Waals surface area contributed by atoms with Gasteiger partial charge in [0.1, 0.15) is 18.5 Å². The monoisotopic (exact) mass is 431 g/mol. The fraction of sp³-hybridized carbons (Fsp3) is 0.318. The second-order valence-corrected chi connectivity index (χ2v) is 7.00. The number of hydrogen-bond donors (Lipinski definition) is 3. The van der Waals surface area contributed by atoms with E-state index in [1.54, 1.807) is 44.2 Å². The lowest BCUT2D eigenvalue weighted by Crippen LogP contribution is -2.47. The Kier molecular flexibility index (Phi) is 8.95. The molecule has 8 nitrogen and oxygen atoms in total. The van der Waals surface area contributed by atoms with E-state index in [4.69, 9.17) is 9.47 Å². The molecule has 2 aromatic carbocycles. The minimum Gasteiger partial charge on any atom is -0.447 e. The predicted octanol–water partition coefficient (Wildman–Crippen LogP) is 3.41. The molecule has 1 atom stereocenters. The summed E-state index contributed by atoms with van der Waals surface area (Å²) in [6, 6.07) is 11.1. The van der Waals surface area contributed by atoms with Gasteiger partial charge in [0, 0.05) is 18.5 Å². The Balaban J connectivity index is 2.03. The predicted molar refractivity (Wildman–Crippen MR) is 114 cm³/mol. The van der Waals surface area contributed by atoms with Crippen molar-refractivity contribution in [1.29, 1.82) is 0 Å². The summed E-state index contributed by atoms with van der Waals surface area (Å²) in [5, 5.41) is 7.82. The molecule has 0 aliphatic rings. The second kappa shape index (κ2) is 11.7. The lowest BCUT2D eigenvalue weighted by atomic mass is 10.0. The molecule has 0 heterocycles. The zero-order chi connectivity index (χ0) is 22.8. The quantitative estimate of drug-likeness (QED) is 0.528. The van der Waals surface area contributed by atoms with Crippen LogP contribution in [0.4, 0.5) is 20.6 Å². The lowest BCUT2D eigenvalue weighted by molar-refractivity contribution is -0.118. The van der Waals surface area contributed by atoms with E-state index in [1.807, 2.05) is 0 Å². The Morgan fingerprint density at radius 2 is 1.65 bits per heavy atom. The van der Waals surface area contributed by atoms with Gasteiger partial charge in [-0.05, 0) is 36.2 Å². The highest BCUT2D eigenvalue weighted by Gasteiger charge is 2.25. The average molecular weight is 431 g/mol. The molecule has 0 aliphatic heterocycles. The summed E-state index contributed by atoms with van der Waals surface area (Å²) < 4.78 is 23.6. The zero-order valence-corrected chi connectivity index (χ0v) is 17.6. The molecule has 2 aromatic rings. The summed E-state index contributed by atoms with van der Waals surface area (Å²) in [6.45, 7) is 3.91. The number of rotatable bonds is 9. The fourth-order valence-corrected chi connectivity index (χ4v) is 2.67. The second-order valence-electron chi connectivity index (χ2n) is 7.00. The van der Waals surface area contributed by atoms with Crippen molar-refractivity contribution < 1.29 is 28.2 Å². The highest BCUT2D eigenvalue weighted by atomic mass is 19.1. The number of nitrogens with one attached hydrogen (secondary N) is 3. The van der Waals surface area contributed by atoms with Crippen molar-refractivity contribution in [2.45, 2.75) is 19.9 Å². The topological polar surface area (TPSA) is 106 Å². The van der Waals surface area contributed by atoms with Crippen LogP contribution in [0.5, 0.6) is 0 Å². The highest BCUT2D eigenvalue weighted by molar-refractivity contribution is 6.01. The van der Waals surface area contributed by atoms with E-state index >= 15 is 0 Å². The fourth-order valence-electron chi connectivity index (χ4n) is 2.67. The van der Waals surface area contributed by atoms with Crippen LogP contribution in [0.3, 0.4) is 0 Å². The number of carbonyl (C=O) groups is 3. The van der Waals surface area contributed by atoms with Crippen LogP contribution in [0.25, 0.3) is 0 Å². The van der Waals surface area contributed by atoms with Gasteiger partial charge in [0.2, 0.25) is 5.91 Å². The number of carbonyl (C=O) groups excluding carboxylic acids is 3. The van der Waals surface area contributed by atoms with Crippen molar-refractivity contribution in [2.75, 3.05) is 31.0 Å². The van der Waals surface area contributed by atoms with E-state index in [0.717, 1.165) is 0 Å². The van der Waals surface area contributed by atoms with Crippen LogP contribution < -0.4 is 16.0 Å². The number of anilines is 2. The van der Waals surface area contributed by atoms with E-state index < -0.39 is 29.8 Å². The summed E-state index contributed by atoms with van der Waals surface area (Å²) >= 11 is 0. The molecule has 0 fully saturated rings. The largest absolute Gasteiger partial charge is 0.447 e. The van der Waals surface area contributed by atoms with Crippen molar-refractivity contribution in [3.8, 4) is 0 Å². The van der Waals surface area contributed by atoms with Gasteiger partial charge < -0.3 is 20.1 Å². The van der Waals surface area contributed by atoms with E-state index in [0.29, 0.717) is 11.4 Å². The minimum atomic E-state index is -0.900. The Hall–Kier alpha value is -3.46. The highest BCUT2D eigenvalue weighted by Crippen LogP contribution is 2.17. The standard InChI is InChI=1S/C22H26FN3O5/c1-14(2)19(26-20(27)17-9-4-5-10-18(17)23)21(28)24-15-7-6-8-16(13-15)25-22(29)31-12-11-30-3/h4-10,13-14,19H,11-12H2,1-3H3,(H,24,28)(H,25,29)(H,26,27). The van der Waals surface area contributed by atoms with Crippen LogP contribution in [-0.4, -0.2) is 44.3 Å². The molecule has 0 saturated carbocycles. The van der Waals surface area contributed by atoms with E-state index in [1.165, 1.54) is 25.3 Å². The van der Waals surface area contributed by atoms with Gasteiger partial charge in [0.15, 0.2) is 0 Å². The molecule has 1 unspecified atom stereocenters. The van der Waals surface area contributed by atoms with Crippen LogP contribution in [-0.2, 0) is 14.3 Å². The van der Waals surface area contributed by atoms with Crippen LogP contribution in [0, 0.1) is 11.7 Å². The van der Waals surface area contributed by atoms with Crippen molar-refractivity contribution in [2.24, 2.45) is 5.92 Å². The molecule has 166 valence electrons. The minimum absolute atomic E-state index is 0.108. The molecule has 31 heavy (non-hydrogen) atoms. The third kappa shape index (κ3) is 7.38. The maximum atomic E-state index is 13.9. The summed E-state index contributed by atoms with van der Waals surface area (Å²) in [4.78, 5) is 36.9. The van der Waals surface area contributed by atoms with Crippen LogP contribution >= 0.6 is 0 Å². The number of benzene rings is 2. The molecule has 9 heteroatoms. The SMILES string of the molecule is COCCOC(=O)Nc1cccc(NC(=O)C(NC(=O)c2ccccc2F)C(C)C)c1. The van der Waals surface area contributed by atoms with E-state index in [2.05, 4.69) is 16.0 Å². The van der Waals surface area contributed by atoms with Gasteiger partial charge in [-0.2, -0.15) is 0 Å². The number of hydrogen-bond acceptors (Lipinski definition) is 5. The number of halogens is 1. The molecular weight excluding hydrogens is 405 g/mol. The Bertz CT molecular complexity index is 920. The van der Waals surface area contributed by atoms with Gasteiger partial charge in [-0.1, -0.05) is 32.0 Å². The van der Waals surface area contributed by atoms with Crippen molar-refractivity contribution in [3.63, 3.8) is 0 Å². The van der Waals surface area contributed by atoms with E-state index in [9.17, 15) is 18.8 Å². The Labute approximate surface area is 180 Å². The maximum absolute atomic E-state index is 13.9. The number of methoxy groups -OCH3 is 1. The first-order valence-electron chi connectivity index (χ1n) is 9.71. The molecule has 2 rings (SSSR count). The van der Waals surface area contributed by atoms with Gasteiger partial charge >= 0.3 is 6.09 Å². The molecule has 0 saturated heterocycles. The number of amides is 3. The van der Waals surface area contributed by atoms with Crippen LogP contribution in [0.2, 0.25) is 0 Å². The van der Waals surface area contributed by atoms with Crippen molar-refractivity contribution >= 4 is 29.3 Å². The van der Waals surface area contributed by atoms with Crippen molar-refractivity contribution in [1.82, 2.24) is 5.32 Å². The van der Waals surface area contributed by atoms with Gasteiger partial charge in [-0.25, -0.2) is 9.18 Å². The molecule has 0 radical (unpaired) electrons. The Morgan fingerprint density at radius 3 is 2.29 bits per heavy atom. The molecular formula is C22H26FN3O5. The third-order valence-electron chi connectivity index (χ3n) is 4.25. The Morgan fingerprint density at radius 1 is 0.968 bits per heavy atom. The number of ether oxygens (including phenoxy) is 2. The molecule has 0 aromatic heterocycles. The first kappa shape index (κ1) is 23.8. The van der Waals surface area contributed by atoms with Gasteiger partial charge in [0.05, 0.1) is 12.2 Å². The smallest absolute Gasteiger partial charge is 0.411 e. The molecule has 3 N–H and O–H groups in total. The summed E-state index contributed by atoms with van der Waals surface area (Å²) in [5.41, 5.74) is 0.682. The summed E-state index contributed by atoms with van der Waals surface area (Å²) in [7, 11) is 1.50. The molecule has 0 bridgehead atoms. The average Bonchev–Trinajstić information content (AvgIpc) is 2.72. The lowest BCUT2D eigenvalue weighted by Gasteiger charge is -2.22. The van der Waals surface area contributed by atoms with Gasteiger partial charge in [0.25, 0.3) is 5.91 Å². The van der Waals surface area contributed by atoms with Crippen LogP contribution in [0.1, 0.15) is 24.2 Å². The zero-order valence-electron chi connectivity index (χ0n) is 17.6. The summed E-state index contributed by atoms with van der Waals surface area (Å²) in [6.07, 6.45) is -0.655. The van der Waals surface area contributed by atoms with Gasteiger partial charge in [-0.3, -0.25) is 14.9 Å². The van der Waals surface area contributed by atoms with Crippen LogP contribution in [0.15, 0.2) is 48.5 Å². The van der Waals surface area contributed by atoms with E-state index in [-0.39, 0.29) is 24.7 Å².